The van der Waals surface area contributed by atoms with Crippen LogP contribution in [-0.2, 0) is 4.79 Å². The van der Waals surface area contributed by atoms with Crippen molar-refractivity contribution >= 4 is 17.3 Å². The lowest BCUT2D eigenvalue weighted by atomic mass is 10.2. The molecular weight excluding hydrogens is 279 g/mol. The number of halogens is 5. The van der Waals surface area contributed by atoms with Gasteiger partial charge in [0, 0.05) is 12.1 Å². The molecule has 0 spiro atoms. The van der Waals surface area contributed by atoms with E-state index in [4.69, 9.17) is 0 Å². The van der Waals surface area contributed by atoms with Crippen LogP contribution in [0.3, 0.4) is 0 Å². The summed E-state index contributed by atoms with van der Waals surface area (Å²) in [6.07, 6.45) is -4.28. The van der Waals surface area contributed by atoms with Gasteiger partial charge >= 0.3 is 18.3 Å². The number of carbonyl (C=O) groups excluding carboxylic acids is 1. The number of hydrogen-bond donors (Lipinski definition) is 1. The molecule has 0 radical (unpaired) electrons. The molecule has 10 heteroatoms. The van der Waals surface area contributed by atoms with Gasteiger partial charge in [0.25, 0.3) is 5.69 Å². The minimum atomic E-state index is -5.03. The number of hydrogen-bond acceptors (Lipinski definition) is 3. The van der Waals surface area contributed by atoms with Gasteiger partial charge in [-0.2, -0.15) is 8.78 Å². The standard InChI is InChI=1S/C9H5F5N2O3/c10-5-2-1-4(16(18)19)3-6(5)15-8(17)9(13,14)7(11)12/h1-3,7H,(H,15,17). The summed E-state index contributed by atoms with van der Waals surface area (Å²) in [5.74, 6) is -8.76. The number of nitrogens with one attached hydrogen (secondary N) is 1. The Kier molecular flexibility index (Phi) is 4.02. The van der Waals surface area contributed by atoms with E-state index in [0.717, 1.165) is 6.07 Å². The zero-order valence-corrected chi connectivity index (χ0v) is 8.87. The minimum Gasteiger partial charge on any atom is -0.318 e. The Morgan fingerprint density at radius 1 is 1.37 bits per heavy atom. The number of nitro groups is 1. The summed E-state index contributed by atoms with van der Waals surface area (Å²) >= 11 is 0. The van der Waals surface area contributed by atoms with E-state index in [0.29, 0.717) is 12.1 Å². The third-order valence-electron chi connectivity index (χ3n) is 1.99. The maximum Gasteiger partial charge on any atom is 0.383 e. The van der Waals surface area contributed by atoms with Gasteiger partial charge < -0.3 is 5.32 Å². The Labute approximate surface area is 102 Å². The topological polar surface area (TPSA) is 72.2 Å². The van der Waals surface area contributed by atoms with Gasteiger partial charge in [-0.15, -0.1) is 0 Å². The Balaban J connectivity index is 3.03. The molecule has 19 heavy (non-hydrogen) atoms. The van der Waals surface area contributed by atoms with Gasteiger partial charge in [-0.1, -0.05) is 0 Å². The van der Waals surface area contributed by atoms with Crippen molar-refractivity contribution in [2.75, 3.05) is 5.32 Å². The molecule has 0 saturated carbocycles. The molecule has 0 fully saturated rings. The molecule has 0 aliphatic carbocycles. The van der Waals surface area contributed by atoms with Crippen LogP contribution >= 0.6 is 0 Å². The molecule has 5 nitrogen and oxygen atoms in total. The van der Waals surface area contributed by atoms with Gasteiger partial charge in [0.15, 0.2) is 0 Å². The van der Waals surface area contributed by atoms with E-state index in [1.54, 1.807) is 0 Å². The second-order valence-corrected chi connectivity index (χ2v) is 3.30. The molecule has 1 aromatic rings. The fourth-order valence-electron chi connectivity index (χ4n) is 1.03. The third kappa shape index (κ3) is 3.14. The Morgan fingerprint density at radius 2 is 1.95 bits per heavy atom. The molecule has 0 atom stereocenters. The van der Waals surface area contributed by atoms with Crippen molar-refractivity contribution in [3.63, 3.8) is 0 Å². The second kappa shape index (κ2) is 5.16. The molecule has 0 aromatic heterocycles. The van der Waals surface area contributed by atoms with E-state index < -0.39 is 40.4 Å². The number of benzene rings is 1. The predicted molar refractivity (Wildman–Crippen MR) is 52.6 cm³/mol. The summed E-state index contributed by atoms with van der Waals surface area (Å²) in [5.41, 5.74) is -1.68. The van der Waals surface area contributed by atoms with E-state index in [1.165, 1.54) is 5.32 Å². The van der Waals surface area contributed by atoms with Crippen LogP contribution in [0.25, 0.3) is 0 Å². The first-order valence-corrected chi connectivity index (χ1v) is 4.57. The number of carbonyl (C=O) groups is 1. The van der Waals surface area contributed by atoms with E-state index >= 15 is 0 Å². The first-order chi connectivity index (χ1) is 8.66. The summed E-state index contributed by atoms with van der Waals surface area (Å²) in [4.78, 5) is 20.2. The fourth-order valence-corrected chi connectivity index (χ4v) is 1.03. The number of nitrogens with zero attached hydrogens (tertiary/aromatic N) is 1. The van der Waals surface area contributed by atoms with Gasteiger partial charge in [0.2, 0.25) is 0 Å². The molecule has 1 N–H and O–H groups in total. The summed E-state index contributed by atoms with van der Waals surface area (Å²) < 4.78 is 62.0. The van der Waals surface area contributed by atoms with Gasteiger partial charge in [-0.3, -0.25) is 14.9 Å². The average molecular weight is 284 g/mol. The number of alkyl halides is 4. The Bertz CT molecular complexity index is 521. The van der Waals surface area contributed by atoms with Crippen LogP contribution in [0, 0.1) is 15.9 Å². The van der Waals surface area contributed by atoms with Crippen molar-refractivity contribution in [3.8, 4) is 0 Å². The fraction of sp³-hybridized carbons (Fsp3) is 0.222. The smallest absolute Gasteiger partial charge is 0.318 e. The summed E-state index contributed by atoms with van der Waals surface area (Å²) in [6.45, 7) is 0. The van der Waals surface area contributed by atoms with Crippen molar-refractivity contribution in [3.05, 3.63) is 34.1 Å². The van der Waals surface area contributed by atoms with Gasteiger partial charge in [0.05, 0.1) is 10.6 Å². The maximum absolute atomic E-state index is 13.1. The number of amides is 1. The monoisotopic (exact) mass is 284 g/mol. The highest BCUT2D eigenvalue weighted by atomic mass is 19.3. The largest absolute Gasteiger partial charge is 0.383 e. The first kappa shape index (κ1) is 14.8. The zero-order chi connectivity index (χ0) is 14.8. The van der Waals surface area contributed by atoms with E-state index in [1.807, 2.05) is 0 Å². The van der Waals surface area contributed by atoms with Crippen LogP contribution in [-0.4, -0.2) is 23.2 Å². The summed E-state index contributed by atoms with van der Waals surface area (Å²) in [6, 6.07) is 1.69. The van der Waals surface area contributed by atoms with Crippen LogP contribution < -0.4 is 5.32 Å². The van der Waals surface area contributed by atoms with Crippen LogP contribution in [0.4, 0.5) is 33.3 Å². The highest BCUT2D eigenvalue weighted by Crippen LogP contribution is 2.27. The molecule has 104 valence electrons. The van der Waals surface area contributed by atoms with Gasteiger partial charge in [0.1, 0.15) is 5.82 Å². The SMILES string of the molecule is O=C(Nc1cc([N+](=O)[O-])ccc1F)C(F)(F)C(F)F. The van der Waals surface area contributed by atoms with Crippen LogP contribution in [0.15, 0.2) is 18.2 Å². The molecular formula is C9H5F5N2O3. The van der Waals surface area contributed by atoms with E-state index in [2.05, 4.69) is 0 Å². The van der Waals surface area contributed by atoms with E-state index in [9.17, 15) is 36.9 Å². The molecule has 0 heterocycles. The molecule has 1 amide bonds. The van der Waals surface area contributed by atoms with Crippen molar-refractivity contribution in [2.24, 2.45) is 0 Å². The second-order valence-electron chi connectivity index (χ2n) is 3.30. The molecule has 1 rings (SSSR count). The van der Waals surface area contributed by atoms with Crippen molar-refractivity contribution < 1.29 is 31.7 Å². The zero-order valence-electron chi connectivity index (χ0n) is 8.87. The number of non-ortho nitro benzene ring substituents is 1. The molecule has 0 saturated heterocycles. The third-order valence-corrected chi connectivity index (χ3v) is 1.99. The number of rotatable bonds is 4. The first-order valence-electron chi connectivity index (χ1n) is 4.57. The molecule has 0 bridgehead atoms. The lowest BCUT2D eigenvalue weighted by Crippen LogP contribution is -2.41. The lowest BCUT2D eigenvalue weighted by Gasteiger charge is -2.14. The normalized spacial score (nSPS) is 11.5. The van der Waals surface area contributed by atoms with Crippen molar-refractivity contribution in [2.45, 2.75) is 12.3 Å². The molecule has 1 aromatic carbocycles. The number of nitro benzene ring substituents is 1. The minimum absolute atomic E-state index is 0.439. The van der Waals surface area contributed by atoms with Crippen molar-refractivity contribution in [1.82, 2.24) is 0 Å². The highest BCUT2D eigenvalue weighted by Gasteiger charge is 2.49. The predicted octanol–water partition coefficient (Wildman–Crippen LogP) is 2.57. The molecule has 0 aliphatic heterocycles. The van der Waals surface area contributed by atoms with E-state index in [-0.39, 0.29) is 0 Å². The van der Waals surface area contributed by atoms with Gasteiger partial charge in [-0.25, -0.2) is 13.2 Å². The highest BCUT2D eigenvalue weighted by molar-refractivity contribution is 5.96. The molecule has 0 unspecified atom stereocenters. The van der Waals surface area contributed by atoms with Crippen LogP contribution in [0.5, 0.6) is 0 Å². The summed E-state index contributed by atoms with van der Waals surface area (Å²) in [7, 11) is 0. The summed E-state index contributed by atoms with van der Waals surface area (Å²) in [5, 5.41) is 11.5. The van der Waals surface area contributed by atoms with Crippen molar-refractivity contribution in [1.29, 1.82) is 0 Å². The van der Waals surface area contributed by atoms with Crippen LogP contribution in [0.2, 0.25) is 0 Å². The lowest BCUT2D eigenvalue weighted by molar-refractivity contribution is -0.384. The maximum atomic E-state index is 13.1. The average Bonchev–Trinajstić information content (AvgIpc) is 2.31. The Morgan fingerprint density at radius 3 is 2.42 bits per heavy atom. The Hall–Kier alpha value is -2.26. The quantitative estimate of drug-likeness (QED) is 0.524. The number of anilines is 1. The molecule has 0 aliphatic rings. The van der Waals surface area contributed by atoms with Crippen LogP contribution in [0.1, 0.15) is 0 Å². The van der Waals surface area contributed by atoms with Gasteiger partial charge in [-0.05, 0) is 6.07 Å².